The van der Waals surface area contributed by atoms with Crippen molar-refractivity contribution in [3.8, 4) is 0 Å². The summed E-state index contributed by atoms with van der Waals surface area (Å²) in [6, 6.07) is 8.67. The Morgan fingerprint density at radius 2 is 1.57 bits per heavy atom. The number of hydrogen-bond acceptors (Lipinski definition) is 4. The quantitative estimate of drug-likeness (QED) is 0.629. The Morgan fingerprint density at radius 1 is 1.00 bits per heavy atom. The van der Waals surface area contributed by atoms with Crippen LogP contribution >= 0.6 is 0 Å². The summed E-state index contributed by atoms with van der Waals surface area (Å²) in [5.41, 5.74) is 6.63. The van der Waals surface area contributed by atoms with Crippen molar-refractivity contribution in [2.24, 2.45) is 0 Å². The lowest BCUT2D eigenvalue weighted by molar-refractivity contribution is -0.173. The van der Waals surface area contributed by atoms with E-state index < -0.39 is 22.1 Å². The van der Waals surface area contributed by atoms with Crippen LogP contribution in [0.2, 0.25) is 0 Å². The predicted octanol–water partition coefficient (Wildman–Crippen LogP) is 3.67. The molecular formula is C18H20F3N3O3S. The maximum Gasteiger partial charge on any atom is 0.472 e. The Morgan fingerprint density at radius 3 is 2.11 bits per heavy atom. The van der Waals surface area contributed by atoms with Crippen molar-refractivity contribution in [1.82, 2.24) is 5.43 Å². The van der Waals surface area contributed by atoms with Crippen molar-refractivity contribution < 1.29 is 26.4 Å². The maximum absolute atomic E-state index is 12.7. The highest BCUT2D eigenvalue weighted by Crippen LogP contribution is 2.25. The third-order valence-electron chi connectivity index (χ3n) is 4.14. The van der Waals surface area contributed by atoms with E-state index in [1.165, 1.54) is 35.8 Å². The molecule has 0 spiro atoms. The maximum atomic E-state index is 12.7. The summed E-state index contributed by atoms with van der Waals surface area (Å²) >= 11 is 0. The van der Waals surface area contributed by atoms with E-state index in [9.17, 15) is 26.4 Å². The summed E-state index contributed by atoms with van der Waals surface area (Å²) < 4.78 is 64.3. The van der Waals surface area contributed by atoms with Gasteiger partial charge in [0, 0.05) is 5.69 Å². The zero-order valence-corrected chi connectivity index (χ0v) is 16.3. The Balaban J connectivity index is 2.14. The average molecular weight is 415 g/mol. The van der Waals surface area contributed by atoms with Crippen LogP contribution in [0.4, 0.5) is 24.5 Å². The van der Waals surface area contributed by atoms with E-state index >= 15 is 0 Å². The molecule has 28 heavy (non-hydrogen) atoms. The first-order valence-corrected chi connectivity index (χ1v) is 9.79. The van der Waals surface area contributed by atoms with Gasteiger partial charge in [0.1, 0.15) is 0 Å². The van der Waals surface area contributed by atoms with E-state index in [0.717, 1.165) is 11.1 Å². The molecule has 10 heteroatoms. The van der Waals surface area contributed by atoms with Crippen LogP contribution in [0.15, 0.2) is 41.3 Å². The van der Waals surface area contributed by atoms with E-state index in [0.29, 0.717) is 12.0 Å². The molecule has 0 atom stereocenters. The fourth-order valence-electron chi connectivity index (χ4n) is 2.74. The number of halogens is 3. The van der Waals surface area contributed by atoms with Gasteiger partial charge in [-0.05, 0) is 67.3 Å². The second-order valence-electron chi connectivity index (χ2n) is 6.10. The second kappa shape index (κ2) is 8.09. The summed E-state index contributed by atoms with van der Waals surface area (Å²) in [5.74, 6) is -2.14. The lowest BCUT2D eigenvalue weighted by Crippen LogP contribution is -2.40. The van der Waals surface area contributed by atoms with Gasteiger partial charge in [0.25, 0.3) is 10.0 Å². The normalized spacial score (nSPS) is 11.8. The third kappa shape index (κ3) is 4.94. The smallest absolute Gasteiger partial charge is 0.298 e. The van der Waals surface area contributed by atoms with Crippen LogP contribution < -0.4 is 15.6 Å². The number of alkyl halides is 3. The van der Waals surface area contributed by atoms with Crippen molar-refractivity contribution >= 4 is 27.3 Å². The van der Waals surface area contributed by atoms with Crippen molar-refractivity contribution in [1.29, 1.82) is 0 Å². The number of carbonyl (C=O) groups excluding carboxylic acids is 1. The average Bonchev–Trinajstić information content (AvgIpc) is 2.59. The van der Waals surface area contributed by atoms with Gasteiger partial charge in [0.15, 0.2) is 0 Å². The fraction of sp³-hybridized carbons (Fsp3) is 0.278. The molecule has 1 amide bonds. The summed E-state index contributed by atoms with van der Waals surface area (Å²) in [5, 5.41) is 0. The fourth-order valence-corrected chi connectivity index (χ4v) is 4.07. The van der Waals surface area contributed by atoms with Gasteiger partial charge < -0.3 is 0 Å². The Labute approximate surface area is 161 Å². The largest absolute Gasteiger partial charge is 0.472 e. The number of hydrazine groups is 1. The second-order valence-corrected chi connectivity index (χ2v) is 7.75. The molecule has 0 aliphatic carbocycles. The highest BCUT2D eigenvalue weighted by molar-refractivity contribution is 7.92. The standard InChI is InChI=1S/C18H20F3N3O3S/c1-4-15-11(2)5-10-16(12(15)3)28(26,27)24-14-8-6-13(7-9-14)22-23-17(25)18(19,20)21/h5-10,22,24H,4H2,1-3H3,(H,23,25). The van der Waals surface area contributed by atoms with Crippen molar-refractivity contribution in [3.05, 3.63) is 53.1 Å². The lowest BCUT2D eigenvalue weighted by Gasteiger charge is -2.15. The molecule has 2 aromatic rings. The third-order valence-corrected chi connectivity index (χ3v) is 5.67. The number of amides is 1. The molecule has 0 aromatic heterocycles. The predicted molar refractivity (Wildman–Crippen MR) is 100 cm³/mol. The van der Waals surface area contributed by atoms with Gasteiger partial charge in [-0.25, -0.2) is 8.42 Å². The van der Waals surface area contributed by atoms with E-state index in [-0.39, 0.29) is 16.3 Å². The molecule has 0 saturated heterocycles. The first-order chi connectivity index (χ1) is 13.0. The Bertz CT molecular complexity index is 972. The summed E-state index contributed by atoms with van der Waals surface area (Å²) in [4.78, 5) is 10.9. The van der Waals surface area contributed by atoms with Crippen molar-refractivity contribution in [2.45, 2.75) is 38.3 Å². The number of aryl methyl sites for hydroxylation is 1. The highest BCUT2D eigenvalue weighted by Gasteiger charge is 2.38. The molecule has 0 fully saturated rings. The minimum absolute atomic E-state index is 0.153. The van der Waals surface area contributed by atoms with Gasteiger partial charge in [-0.15, -0.1) is 0 Å². The molecule has 152 valence electrons. The monoisotopic (exact) mass is 415 g/mol. The van der Waals surface area contributed by atoms with Gasteiger partial charge in [-0.1, -0.05) is 13.0 Å². The van der Waals surface area contributed by atoms with Gasteiger partial charge >= 0.3 is 12.1 Å². The van der Waals surface area contributed by atoms with E-state index in [1.54, 1.807) is 13.0 Å². The number of nitrogens with one attached hydrogen (secondary N) is 3. The lowest BCUT2D eigenvalue weighted by atomic mass is 10.0. The minimum atomic E-state index is -5.01. The molecule has 2 aromatic carbocycles. The number of benzene rings is 2. The number of hydrogen-bond donors (Lipinski definition) is 3. The molecule has 3 N–H and O–H groups in total. The van der Waals surface area contributed by atoms with Crippen LogP contribution in [-0.2, 0) is 21.2 Å². The number of sulfonamides is 1. The number of anilines is 2. The summed E-state index contributed by atoms with van der Waals surface area (Å²) in [6.45, 7) is 5.61. The van der Waals surface area contributed by atoms with E-state index in [4.69, 9.17) is 0 Å². The van der Waals surface area contributed by atoms with Gasteiger partial charge in [0.2, 0.25) is 0 Å². The molecule has 2 rings (SSSR count). The van der Waals surface area contributed by atoms with Crippen LogP contribution in [0.1, 0.15) is 23.6 Å². The van der Waals surface area contributed by atoms with E-state index in [2.05, 4.69) is 10.1 Å². The van der Waals surface area contributed by atoms with Gasteiger partial charge in [-0.2, -0.15) is 13.2 Å². The summed E-state index contributed by atoms with van der Waals surface area (Å²) in [6.07, 6.45) is -4.31. The van der Waals surface area contributed by atoms with Gasteiger partial charge in [0.05, 0.1) is 10.6 Å². The van der Waals surface area contributed by atoms with Crippen molar-refractivity contribution in [3.63, 3.8) is 0 Å². The molecule has 0 aliphatic rings. The van der Waals surface area contributed by atoms with Crippen LogP contribution in [0.3, 0.4) is 0 Å². The van der Waals surface area contributed by atoms with Crippen LogP contribution in [0, 0.1) is 13.8 Å². The molecule has 0 saturated carbocycles. The summed E-state index contributed by atoms with van der Waals surface area (Å²) in [7, 11) is -3.84. The van der Waals surface area contributed by atoms with Crippen LogP contribution in [0.5, 0.6) is 0 Å². The molecule has 0 bridgehead atoms. The van der Waals surface area contributed by atoms with E-state index in [1.807, 2.05) is 13.8 Å². The topological polar surface area (TPSA) is 87.3 Å². The van der Waals surface area contributed by atoms with Crippen molar-refractivity contribution in [2.75, 3.05) is 10.1 Å². The first kappa shape index (κ1) is 21.5. The molecular weight excluding hydrogens is 395 g/mol. The van der Waals surface area contributed by atoms with Crippen LogP contribution in [0.25, 0.3) is 0 Å². The SMILES string of the molecule is CCc1c(C)ccc(S(=O)(=O)Nc2ccc(NNC(=O)C(F)(F)F)cc2)c1C. The number of rotatable bonds is 6. The van der Waals surface area contributed by atoms with Crippen LogP contribution in [-0.4, -0.2) is 20.5 Å². The number of carbonyl (C=O) groups is 1. The Kier molecular flexibility index (Phi) is 6.23. The van der Waals surface area contributed by atoms with Gasteiger partial charge in [-0.3, -0.25) is 20.4 Å². The molecule has 6 nitrogen and oxygen atoms in total. The molecule has 0 unspecified atom stereocenters. The molecule has 0 radical (unpaired) electrons. The Hall–Kier alpha value is -2.75. The molecule has 0 aliphatic heterocycles. The zero-order valence-electron chi connectivity index (χ0n) is 15.4. The minimum Gasteiger partial charge on any atom is -0.298 e. The highest BCUT2D eigenvalue weighted by atomic mass is 32.2. The first-order valence-electron chi connectivity index (χ1n) is 8.31. The molecule has 0 heterocycles. The zero-order chi connectivity index (χ0) is 21.1.